The highest BCUT2D eigenvalue weighted by molar-refractivity contribution is 6.05. The molecule has 3 heterocycles. The van der Waals surface area contributed by atoms with Gasteiger partial charge in [0.2, 0.25) is 5.91 Å². The number of esters is 1. The van der Waals surface area contributed by atoms with Crippen molar-refractivity contribution in [3.05, 3.63) is 54.6 Å². The number of likely N-dealkylation sites (tertiary alicyclic amines) is 1. The summed E-state index contributed by atoms with van der Waals surface area (Å²) in [5, 5.41) is 10.5. The van der Waals surface area contributed by atoms with Crippen LogP contribution in [-0.2, 0) is 23.9 Å². The van der Waals surface area contributed by atoms with E-state index in [1.807, 2.05) is 58.9 Å². The average molecular weight is 567 g/mol. The summed E-state index contributed by atoms with van der Waals surface area (Å²) in [6, 6.07) is 4.29. The summed E-state index contributed by atoms with van der Waals surface area (Å²) >= 11 is 0. The fraction of sp³-hybridized carbons (Fsp3) is 0.606. The number of aryl methyl sites for hydroxylation is 2. The maximum atomic E-state index is 14.8. The van der Waals surface area contributed by atoms with E-state index in [4.69, 9.17) is 9.47 Å². The van der Waals surface area contributed by atoms with Gasteiger partial charge in [0.05, 0.1) is 30.8 Å². The first kappa shape index (κ1) is 31.0. The number of unbranched alkanes of at least 4 members (excludes halogenated alkanes) is 2. The normalized spacial score (nSPS) is 29.0. The van der Waals surface area contributed by atoms with Gasteiger partial charge < -0.3 is 24.4 Å². The molecule has 1 spiro atoms. The number of carbonyl (C=O) groups excluding carboxylic acids is 3. The van der Waals surface area contributed by atoms with Gasteiger partial charge in [0, 0.05) is 12.2 Å². The van der Waals surface area contributed by atoms with E-state index in [-0.39, 0.29) is 37.5 Å². The van der Waals surface area contributed by atoms with Crippen LogP contribution < -0.4 is 4.90 Å². The summed E-state index contributed by atoms with van der Waals surface area (Å²) in [6.45, 7) is 17.4. The standard InChI is InChI=1S/C33H46N2O6/c1-8-10-11-12-18-40-31(39)27-26-29(37)35(25(20-36)21(3)4)28(33(26)16-15-32(27,7)41-33)30(38)34(17-9-2)24-19-22(5)13-14-23(24)6/h8-9,13-14,19,21,25-28,36H,1-2,10-12,15-18,20H2,3-7H3/t25-,26-,27-,28?,32+,33?/m0/s1. The van der Waals surface area contributed by atoms with Crippen LogP contribution >= 0.6 is 0 Å². The highest BCUT2D eigenvalue weighted by Crippen LogP contribution is 2.64. The van der Waals surface area contributed by atoms with Crippen molar-refractivity contribution in [2.45, 2.75) is 90.0 Å². The molecule has 3 aliphatic rings. The summed E-state index contributed by atoms with van der Waals surface area (Å²) in [5.41, 5.74) is 0.536. The van der Waals surface area contributed by atoms with E-state index in [1.165, 1.54) is 4.90 Å². The van der Waals surface area contributed by atoms with Crippen molar-refractivity contribution in [3.63, 3.8) is 0 Å². The van der Waals surface area contributed by atoms with Crippen LogP contribution in [0.5, 0.6) is 0 Å². The molecule has 3 fully saturated rings. The number of benzene rings is 1. The number of amides is 2. The second-order valence-corrected chi connectivity index (χ2v) is 12.4. The van der Waals surface area contributed by atoms with Gasteiger partial charge in [-0.05, 0) is 76.0 Å². The molecule has 4 rings (SSSR count). The van der Waals surface area contributed by atoms with Crippen molar-refractivity contribution in [3.8, 4) is 0 Å². The lowest BCUT2D eigenvalue weighted by atomic mass is 9.66. The molecular weight excluding hydrogens is 520 g/mol. The Morgan fingerprint density at radius 1 is 1.22 bits per heavy atom. The molecule has 0 saturated carbocycles. The summed E-state index contributed by atoms with van der Waals surface area (Å²) in [7, 11) is 0. The number of hydrogen-bond donors (Lipinski definition) is 1. The Morgan fingerprint density at radius 3 is 2.59 bits per heavy atom. The SMILES string of the molecule is C=CCCCCOC(=O)[C@@H]1[C@H]2C(=O)N([C@@H](CO)C(C)C)C(C(=O)N(CC=C)c3cc(C)ccc3C)C23CC[C@@]1(C)O3. The Morgan fingerprint density at radius 2 is 1.95 bits per heavy atom. The van der Waals surface area contributed by atoms with E-state index in [0.717, 1.165) is 29.7 Å². The lowest BCUT2D eigenvalue weighted by Crippen LogP contribution is -2.60. The second kappa shape index (κ2) is 12.1. The van der Waals surface area contributed by atoms with E-state index in [1.54, 1.807) is 11.0 Å². The maximum Gasteiger partial charge on any atom is 0.312 e. The van der Waals surface area contributed by atoms with E-state index >= 15 is 0 Å². The molecule has 8 nitrogen and oxygen atoms in total. The average Bonchev–Trinajstić information content (AvgIpc) is 3.49. The molecule has 41 heavy (non-hydrogen) atoms. The highest BCUT2D eigenvalue weighted by Gasteiger charge is 2.79. The molecule has 1 aromatic rings. The van der Waals surface area contributed by atoms with Crippen LogP contribution in [0.1, 0.15) is 64.0 Å². The second-order valence-electron chi connectivity index (χ2n) is 12.4. The monoisotopic (exact) mass is 566 g/mol. The van der Waals surface area contributed by atoms with Crippen LogP contribution in [0.2, 0.25) is 0 Å². The van der Waals surface area contributed by atoms with Crippen LogP contribution in [0.25, 0.3) is 0 Å². The first-order valence-electron chi connectivity index (χ1n) is 14.9. The number of ether oxygens (including phenoxy) is 2. The molecule has 224 valence electrons. The number of aliphatic hydroxyl groups is 1. The van der Waals surface area contributed by atoms with E-state index < -0.39 is 41.1 Å². The first-order chi connectivity index (χ1) is 19.5. The van der Waals surface area contributed by atoms with Crippen LogP contribution in [0.15, 0.2) is 43.5 Å². The van der Waals surface area contributed by atoms with Crippen LogP contribution in [0.3, 0.4) is 0 Å². The third-order valence-corrected chi connectivity index (χ3v) is 9.30. The number of aliphatic hydroxyl groups excluding tert-OH is 1. The smallest absolute Gasteiger partial charge is 0.312 e. The van der Waals surface area contributed by atoms with Gasteiger partial charge in [-0.25, -0.2) is 0 Å². The molecule has 1 N–H and O–H groups in total. The van der Waals surface area contributed by atoms with Gasteiger partial charge in [-0.3, -0.25) is 14.4 Å². The van der Waals surface area contributed by atoms with Crippen LogP contribution in [0, 0.1) is 31.6 Å². The minimum absolute atomic E-state index is 0.133. The molecule has 2 unspecified atom stereocenters. The zero-order valence-corrected chi connectivity index (χ0v) is 25.2. The minimum Gasteiger partial charge on any atom is -0.465 e. The third-order valence-electron chi connectivity index (χ3n) is 9.30. The quantitative estimate of drug-likeness (QED) is 0.215. The fourth-order valence-corrected chi connectivity index (χ4v) is 7.23. The fourth-order valence-electron chi connectivity index (χ4n) is 7.23. The maximum absolute atomic E-state index is 14.8. The van der Waals surface area contributed by atoms with Crippen molar-refractivity contribution in [2.75, 3.05) is 24.7 Å². The number of allylic oxidation sites excluding steroid dienone is 1. The zero-order chi connectivity index (χ0) is 30.1. The molecule has 1 aromatic carbocycles. The van der Waals surface area contributed by atoms with E-state index in [2.05, 4.69) is 13.2 Å². The molecule has 2 bridgehead atoms. The van der Waals surface area contributed by atoms with Crippen LogP contribution in [-0.4, -0.2) is 70.8 Å². The number of hydrogen-bond acceptors (Lipinski definition) is 6. The number of rotatable bonds is 13. The summed E-state index contributed by atoms with van der Waals surface area (Å²) in [4.78, 5) is 46.0. The Kier molecular flexibility index (Phi) is 9.14. The molecule has 6 atom stereocenters. The van der Waals surface area contributed by atoms with E-state index in [0.29, 0.717) is 19.3 Å². The van der Waals surface area contributed by atoms with Gasteiger partial charge in [-0.15, -0.1) is 13.2 Å². The van der Waals surface area contributed by atoms with Gasteiger partial charge in [0.15, 0.2) is 0 Å². The number of fused-ring (bicyclic) bond motifs is 1. The number of anilines is 1. The lowest BCUT2D eigenvalue weighted by Gasteiger charge is -2.40. The number of carbonyl (C=O) groups is 3. The molecular formula is C33H46N2O6. The minimum atomic E-state index is -1.20. The summed E-state index contributed by atoms with van der Waals surface area (Å²) in [6.07, 6.45) is 6.88. The topological polar surface area (TPSA) is 96.4 Å². The van der Waals surface area contributed by atoms with Crippen molar-refractivity contribution < 1.29 is 29.0 Å². The van der Waals surface area contributed by atoms with Crippen molar-refractivity contribution in [1.82, 2.24) is 4.90 Å². The summed E-state index contributed by atoms with van der Waals surface area (Å²) < 4.78 is 12.5. The number of nitrogens with zero attached hydrogens (tertiary/aromatic N) is 2. The van der Waals surface area contributed by atoms with Gasteiger partial charge in [-0.1, -0.05) is 38.1 Å². The molecule has 3 saturated heterocycles. The molecule has 8 heteroatoms. The van der Waals surface area contributed by atoms with Gasteiger partial charge >= 0.3 is 5.97 Å². The van der Waals surface area contributed by atoms with Crippen molar-refractivity contribution in [2.24, 2.45) is 17.8 Å². The predicted molar refractivity (Wildman–Crippen MR) is 158 cm³/mol. The van der Waals surface area contributed by atoms with Gasteiger partial charge in [0.25, 0.3) is 5.91 Å². The van der Waals surface area contributed by atoms with Crippen molar-refractivity contribution in [1.29, 1.82) is 0 Å². The largest absolute Gasteiger partial charge is 0.465 e. The Labute approximate surface area is 244 Å². The highest BCUT2D eigenvalue weighted by atomic mass is 16.6. The predicted octanol–water partition coefficient (Wildman–Crippen LogP) is 4.50. The summed E-state index contributed by atoms with van der Waals surface area (Å²) in [5.74, 6) is -2.91. The Hall–Kier alpha value is -2.97. The molecule has 0 aromatic heterocycles. The first-order valence-corrected chi connectivity index (χ1v) is 14.9. The van der Waals surface area contributed by atoms with Gasteiger partial charge in [0.1, 0.15) is 17.6 Å². The van der Waals surface area contributed by atoms with E-state index in [9.17, 15) is 19.5 Å². The Balaban J connectivity index is 1.78. The van der Waals surface area contributed by atoms with Gasteiger partial charge in [-0.2, -0.15) is 0 Å². The Bertz CT molecular complexity index is 1200. The molecule has 0 radical (unpaired) electrons. The van der Waals surface area contributed by atoms with Crippen LogP contribution in [0.4, 0.5) is 5.69 Å². The molecule has 3 aliphatic heterocycles. The third kappa shape index (κ3) is 5.25. The molecule has 0 aliphatic carbocycles. The van der Waals surface area contributed by atoms with Crippen molar-refractivity contribution >= 4 is 23.5 Å². The lowest BCUT2D eigenvalue weighted by molar-refractivity contribution is -0.161. The zero-order valence-electron chi connectivity index (χ0n) is 25.2. The molecule has 2 amide bonds.